The molecule has 2 N–H and O–H groups in total. The first-order valence-electron chi connectivity index (χ1n) is 39.2. The van der Waals surface area contributed by atoms with E-state index in [1.54, 1.807) is 0 Å². The molecule has 0 heterocycles. The first-order valence-corrected chi connectivity index (χ1v) is 39.2. The molecule has 4 nitrogen and oxygen atoms in total. The molecule has 84 heavy (non-hydrogen) atoms. The number of aliphatic hydroxyl groups is 1. The zero-order chi connectivity index (χ0) is 61.3. The molecule has 0 amide bonds. The van der Waals surface area contributed by atoms with Gasteiger partial charge in [0.1, 0.15) is 16.6 Å². The van der Waals surface area contributed by atoms with Gasteiger partial charge in [0.25, 0.3) is 0 Å². The number of carbonyl (C=O) groups is 1. The third kappa shape index (κ3) is 35.9. The lowest BCUT2D eigenvalue weighted by atomic mass is 9.52. The van der Waals surface area contributed by atoms with Crippen LogP contribution in [0.3, 0.4) is 0 Å². The fraction of sp³-hybridized carbons (Fsp3) is 0.987. The summed E-state index contributed by atoms with van der Waals surface area (Å²) in [5.41, 5.74) is -3.16. The molecule has 0 aromatic heterocycles. The lowest BCUT2D eigenvalue weighted by Gasteiger charge is -2.67. The molecule has 5 heteroatoms. The smallest absolute Gasteiger partial charge is 0.312 e. The first-order chi connectivity index (χ1) is 40.4. The Balaban J connectivity index is 0. The maximum absolute atomic E-state index is 15.8. The van der Waals surface area contributed by atoms with E-state index in [1.807, 2.05) is 0 Å². The summed E-state index contributed by atoms with van der Waals surface area (Å²) in [6, 6.07) is 0. The van der Waals surface area contributed by atoms with Gasteiger partial charge in [-0.05, 0) is 51.4 Å². The Labute approximate surface area is 537 Å². The molecule has 0 aromatic rings. The monoisotopic (exact) mass is 1210 g/mol. The van der Waals surface area contributed by atoms with Gasteiger partial charge < -0.3 is 27.1 Å². The molecule has 0 rings (SSSR count). The zero-order valence-electron chi connectivity index (χ0n) is 59.9. The van der Waals surface area contributed by atoms with Crippen molar-refractivity contribution in [3.05, 3.63) is 0 Å². The van der Waals surface area contributed by atoms with Gasteiger partial charge in [-0.15, -0.1) is 0 Å². The summed E-state index contributed by atoms with van der Waals surface area (Å²) in [4.78, 5) is 15.7. The third-order valence-electron chi connectivity index (χ3n) is 21.9. The van der Waals surface area contributed by atoms with E-state index in [2.05, 4.69) is 69.5 Å². The van der Waals surface area contributed by atoms with E-state index in [-0.39, 0.29) is 17.9 Å². The number of hydrogen-bond acceptors (Lipinski definition) is 2. The Hall–Kier alpha value is -0.320. The van der Waals surface area contributed by atoms with Crippen molar-refractivity contribution in [1.82, 2.24) is 0 Å². The molecule has 0 spiro atoms. The summed E-state index contributed by atoms with van der Waals surface area (Å²) in [5.74, 6) is -0.639. The number of likely N-dealkylation sites (N-methyl/N-ethyl adjacent to an activating group) is 1. The molecule has 0 aromatic carbocycles. The Morgan fingerprint density at radius 1 is 0.262 bits per heavy atom. The van der Waals surface area contributed by atoms with Crippen molar-refractivity contribution in [3.63, 3.8) is 0 Å². The quantitative estimate of drug-likeness (QED) is 0.0471. The number of carboxylic acid groups (broad SMARTS) is 1. The van der Waals surface area contributed by atoms with Crippen molar-refractivity contribution in [2.45, 2.75) is 483 Å². The number of hydrogen-bond donors (Lipinski definition) is 2. The van der Waals surface area contributed by atoms with Crippen molar-refractivity contribution in [2.24, 2.45) is 5.41 Å². The highest BCUT2D eigenvalue weighted by atomic mass is 35.5. The second-order valence-corrected chi connectivity index (χ2v) is 28.9. The number of quaternary nitrogens is 1. The molecule has 1 atom stereocenters. The van der Waals surface area contributed by atoms with Crippen LogP contribution in [0.4, 0.5) is 0 Å². The van der Waals surface area contributed by atoms with E-state index in [0.29, 0.717) is 19.3 Å². The van der Waals surface area contributed by atoms with Crippen molar-refractivity contribution >= 4 is 5.97 Å². The number of rotatable bonds is 69. The zero-order valence-corrected chi connectivity index (χ0v) is 60.6. The van der Waals surface area contributed by atoms with Gasteiger partial charge in [0, 0.05) is 32.1 Å². The minimum Gasteiger partial charge on any atom is -1.00 e. The predicted molar refractivity (Wildman–Crippen MR) is 373 cm³/mol. The fourth-order valence-corrected chi connectivity index (χ4v) is 16.2. The van der Waals surface area contributed by atoms with E-state index in [1.165, 1.54) is 327 Å². The predicted octanol–water partition coefficient (Wildman–Crippen LogP) is 24.5. The fourth-order valence-electron chi connectivity index (χ4n) is 16.2. The summed E-state index contributed by atoms with van der Waals surface area (Å²) in [6.45, 7) is 18.7. The molecule has 1 unspecified atom stereocenters. The second kappa shape index (κ2) is 59.0. The summed E-state index contributed by atoms with van der Waals surface area (Å²) in [7, 11) is 5.41. The molecule has 0 saturated heterocycles. The number of unbranched alkanes of at least 4 members (excludes halogenated alkanes) is 48. The average Bonchev–Trinajstić information content (AvgIpc) is 0.736. The van der Waals surface area contributed by atoms with E-state index < -0.39 is 22.5 Å². The van der Waals surface area contributed by atoms with Crippen LogP contribution in [-0.4, -0.2) is 51.4 Å². The van der Waals surface area contributed by atoms with E-state index in [0.717, 1.165) is 68.7 Å². The van der Waals surface area contributed by atoms with E-state index >= 15 is 9.90 Å². The van der Waals surface area contributed by atoms with Crippen LogP contribution in [0.2, 0.25) is 0 Å². The van der Waals surface area contributed by atoms with Crippen LogP contribution in [0.15, 0.2) is 0 Å². The highest BCUT2D eigenvalue weighted by Gasteiger charge is 2.72. The van der Waals surface area contributed by atoms with Crippen molar-refractivity contribution in [3.8, 4) is 0 Å². The molecular formula is C79H160ClNO3. The summed E-state index contributed by atoms with van der Waals surface area (Å²) in [5, 5.41) is 28.7. The molecule has 0 saturated carbocycles. The highest BCUT2D eigenvalue weighted by molar-refractivity contribution is 5.77. The van der Waals surface area contributed by atoms with Gasteiger partial charge in [0.2, 0.25) is 0 Å². The SMILES string of the molecule is CCCCCCCCCC(CCCCCCCCC)(C(=O)O)C(O)(CCCCCCCCC)C(CCCCCCCCC)(CCCCCCCCC)[N+](C)(C)C(CCCCCCCCC)(CCCCCCCCC)CCCCCCCCC.[Cl-]. The van der Waals surface area contributed by atoms with Crippen molar-refractivity contribution < 1.29 is 31.9 Å². The second-order valence-electron chi connectivity index (χ2n) is 28.9. The molecular weight excluding hydrogens is 1050 g/mol. The maximum atomic E-state index is 15.8. The number of aliphatic carboxylic acids is 1. The van der Waals surface area contributed by atoms with Crippen molar-refractivity contribution in [2.75, 3.05) is 14.1 Å². The Morgan fingerprint density at radius 2 is 0.429 bits per heavy atom. The molecule has 0 bridgehead atoms. The van der Waals surface area contributed by atoms with Gasteiger partial charge in [-0.1, -0.05) is 383 Å². The minimum atomic E-state index is -1.35. The lowest BCUT2D eigenvalue weighted by Crippen LogP contribution is -3.00. The molecule has 0 radical (unpaired) electrons. The lowest BCUT2D eigenvalue weighted by molar-refractivity contribution is -1.000. The van der Waals surface area contributed by atoms with Crippen LogP contribution in [0.25, 0.3) is 0 Å². The van der Waals surface area contributed by atoms with E-state index in [9.17, 15) is 5.11 Å². The first kappa shape index (κ1) is 85.7. The Bertz CT molecular complexity index is 1270. The molecule has 0 aliphatic rings. The third-order valence-corrected chi connectivity index (χ3v) is 21.9. The van der Waals surface area contributed by atoms with Gasteiger partial charge in [-0.2, -0.15) is 0 Å². The van der Waals surface area contributed by atoms with E-state index in [4.69, 9.17) is 0 Å². The van der Waals surface area contributed by atoms with Crippen LogP contribution < -0.4 is 12.4 Å². The van der Waals surface area contributed by atoms with Gasteiger partial charge in [0.05, 0.1) is 19.6 Å². The van der Waals surface area contributed by atoms with Gasteiger partial charge in [0.15, 0.2) is 0 Å². The highest BCUT2D eigenvalue weighted by Crippen LogP contribution is 2.60. The van der Waals surface area contributed by atoms with Gasteiger partial charge in [-0.3, -0.25) is 4.79 Å². The van der Waals surface area contributed by atoms with Crippen LogP contribution in [0.1, 0.15) is 466 Å². The summed E-state index contributed by atoms with van der Waals surface area (Å²) in [6.07, 6.45) is 77.7. The minimum absolute atomic E-state index is 0. The number of halogens is 1. The van der Waals surface area contributed by atoms with Gasteiger partial charge in [-0.25, -0.2) is 0 Å². The van der Waals surface area contributed by atoms with Gasteiger partial charge >= 0.3 is 5.97 Å². The topological polar surface area (TPSA) is 57.5 Å². The van der Waals surface area contributed by atoms with Crippen LogP contribution in [0, 0.1) is 5.41 Å². The average molecular weight is 1210 g/mol. The van der Waals surface area contributed by atoms with Crippen LogP contribution in [-0.2, 0) is 4.79 Å². The molecule has 506 valence electrons. The standard InChI is InChI=1S/C79H159NO3.ClH/c1-11-19-27-35-43-51-59-67-76(68-60-52-44-36-28-20-12-2,69-61-53-45-37-29-21-13-3)80(9,10)78(72-64-56-48-40-32-24-16-6,73-65-57-49-41-33-25-17-7)79(83,74-66-58-50-42-34-26-18-8)77(75(81)82,70-62-54-46-38-30-22-14-4)71-63-55-47-39-31-23-15-5;/h83H,11-74H2,1-10H3;1H. The molecule has 0 aliphatic carbocycles. The number of nitrogens with zero attached hydrogens (tertiary/aromatic N) is 1. The Morgan fingerprint density at radius 3 is 0.631 bits per heavy atom. The van der Waals surface area contributed by atoms with Crippen LogP contribution >= 0.6 is 0 Å². The van der Waals surface area contributed by atoms with Crippen molar-refractivity contribution in [1.29, 1.82) is 0 Å². The molecule has 0 aliphatic heterocycles. The summed E-state index contributed by atoms with van der Waals surface area (Å²) < 4.78 is 0.823. The molecule has 0 fully saturated rings. The van der Waals surface area contributed by atoms with Crippen LogP contribution in [0.5, 0.6) is 0 Å². The summed E-state index contributed by atoms with van der Waals surface area (Å²) >= 11 is 0. The largest absolute Gasteiger partial charge is 1.00 e. The Kier molecular flexibility index (Phi) is 60.2. The number of carboxylic acids is 1. The normalized spacial score (nSPS) is 13.2. The maximum Gasteiger partial charge on any atom is 0.312 e.